The highest BCUT2D eigenvalue weighted by Crippen LogP contribution is 2.48. The minimum Gasteiger partial charge on any atom is -0.466 e. The molecule has 0 spiro atoms. The van der Waals surface area contributed by atoms with Crippen LogP contribution in [-0.2, 0) is 10.8 Å². The van der Waals surface area contributed by atoms with Gasteiger partial charge in [0.15, 0.2) is 5.75 Å². The van der Waals surface area contributed by atoms with Crippen molar-refractivity contribution in [1.82, 2.24) is 4.98 Å². The van der Waals surface area contributed by atoms with Crippen LogP contribution in [0.25, 0.3) is 22.2 Å². The second-order valence-corrected chi connectivity index (χ2v) is 13.6. The molecule has 0 amide bonds. The molecule has 8 rings (SSSR count). The van der Waals surface area contributed by atoms with E-state index in [4.69, 9.17) is 18.9 Å². The zero-order valence-corrected chi connectivity index (χ0v) is 24.9. The predicted octanol–water partition coefficient (Wildman–Crippen LogP) is 7.50. The van der Waals surface area contributed by atoms with Crippen LogP contribution in [-0.4, -0.2) is 11.7 Å². The van der Waals surface area contributed by atoms with Crippen LogP contribution < -0.4 is 26.1 Å². The van der Waals surface area contributed by atoms with Gasteiger partial charge in [0.1, 0.15) is 22.7 Å². The number of nitrogens with zero attached hydrogens (tertiary/aromatic N) is 1. The molecule has 0 unspecified atom stereocenters. The maximum atomic E-state index is 6.77. The first-order valence-corrected chi connectivity index (χ1v) is 14.7. The maximum Gasteiger partial charge on any atom is 0.307 e. The normalized spacial score (nSPS) is 17.2. The fourth-order valence-corrected chi connectivity index (χ4v) is 7.55. The summed E-state index contributed by atoms with van der Waals surface area (Å²) < 4.78 is 20.1. The van der Waals surface area contributed by atoms with E-state index in [0.717, 1.165) is 68.9 Å². The van der Waals surface area contributed by atoms with Crippen molar-refractivity contribution in [2.24, 2.45) is 0 Å². The highest BCUT2D eigenvalue weighted by atomic mass is 16.5. The molecule has 4 nitrogen and oxygen atoms in total. The van der Waals surface area contributed by atoms with E-state index < -0.39 is 0 Å². The fourth-order valence-electron chi connectivity index (χ4n) is 7.55. The summed E-state index contributed by atoms with van der Waals surface area (Å²) in [7, 11) is 0. The first-order chi connectivity index (χ1) is 19.5. The summed E-state index contributed by atoms with van der Waals surface area (Å²) in [5.74, 6) is 3.06. The van der Waals surface area contributed by atoms with Crippen LogP contribution in [0.15, 0.2) is 59.0 Å². The number of fused-ring (bicyclic) bond motifs is 7. The van der Waals surface area contributed by atoms with Gasteiger partial charge < -0.3 is 13.9 Å². The Morgan fingerprint density at radius 1 is 0.780 bits per heavy atom. The minimum absolute atomic E-state index is 0.0697. The molecule has 0 saturated heterocycles. The molecule has 0 fully saturated rings. The third-order valence-electron chi connectivity index (χ3n) is 9.76. The highest BCUT2D eigenvalue weighted by Gasteiger charge is 2.47. The minimum atomic E-state index is -0.159. The van der Waals surface area contributed by atoms with E-state index in [1.807, 2.05) is 18.2 Å². The number of para-hydroxylation sites is 1. The van der Waals surface area contributed by atoms with Gasteiger partial charge >= 0.3 is 6.71 Å². The van der Waals surface area contributed by atoms with E-state index in [9.17, 15) is 0 Å². The average Bonchev–Trinajstić information content (AvgIpc) is 3.28. The molecule has 0 bridgehead atoms. The molecule has 0 N–H and O–H groups in total. The van der Waals surface area contributed by atoms with Crippen molar-refractivity contribution < 1.29 is 13.9 Å². The summed E-state index contributed by atoms with van der Waals surface area (Å²) in [4.78, 5) is 5.19. The van der Waals surface area contributed by atoms with E-state index in [0.29, 0.717) is 5.88 Å². The molecular weight excluding hydrogens is 505 g/mol. The Morgan fingerprint density at radius 2 is 1.46 bits per heavy atom. The fraction of sp³-hybridized carbons (Fsp3) is 0.306. The summed E-state index contributed by atoms with van der Waals surface area (Å²) >= 11 is 0. The monoisotopic (exact) mass is 539 g/mol. The van der Waals surface area contributed by atoms with Crippen molar-refractivity contribution in [3.05, 3.63) is 82.4 Å². The van der Waals surface area contributed by atoms with Gasteiger partial charge in [0.25, 0.3) is 0 Å². The van der Waals surface area contributed by atoms with Crippen LogP contribution in [0.2, 0.25) is 0 Å². The van der Waals surface area contributed by atoms with Crippen molar-refractivity contribution in [3.63, 3.8) is 0 Å². The van der Waals surface area contributed by atoms with E-state index in [1.54, 1.807) is 0 Å². The third kappa shape index (κ3) is 3.44. The molecule has 5 aromatic rings. The topological polar surface area (TPSA) is 44.5 Å². The van der Waals surface area contributed by atoms with Crippen LogP contribution in [0.3, 0.4) is 0 Å². The number of rotatable bonds is 1. The van der Waals surface area contributed by atoms with Crippen LogP contribution in [0.4, 0.5) is 0 Å². The number of furan rings is 1. The summed E-state index contributed by atoms with van der Waals surface area (Å²) in [6.07, 6.45) is 2.30. The maximum absolute atomic E-state index is 6.77. The zero-order chi connectivity index (χ0) is 28.4. The standard InChI is InChI=1S/C36H34BNO3/c1-19-14-20(2)30(21(3)15-19)26-18-29-31-34(38-26)41-28-17-24-23(35(4,5)12-13-36(24,6)7)16-25(28)37(31)33-32(39-29)22-10-8-9-11-27(22)40-33/h8-11,14-18H,12-13H2,1-7H3. The lowest BCUT2D eigenvalue weighted by atomic mass is 9.37. The molecule has 0 radical (unpaired) electrons. The number of aromatic nitrogens is 1. The first-order valence-electron chi connectivity index (χ1n) is 14.7. The Bertz CT molecular complexity index is 1920. The smallest absolute Gasteiger partial charge is 0.307 e. The second-order valence-electron chi connectivity index (χ2n) is 13.6. The quantitative estimate of drug-likeness (QED) is 0.203. The van der Waals surface area contributed by atoms with Crippen molar-refractivity contribution in [1.29, 1.82) is 0 Å². The van der Waals surface area contributed by atoms with Gasteiger partial charge in [0, 0.05) is 17.1 Å². The van der Waals surface area contributed by atoms with Crippen LogP contribution in [0.5, 0.6) is 23.1 Å². The van der Waals surface area contributed by atoms with Crippen molar-refractivity contribution in [2.45, 2.75) is 72.1 Å². The average molecular weight is 539 g/mol. The summed E-state index contributed by atoms with van der Waals surface area (Å²) in [5, 5.41) is 0.989. The zero-order valence-electron chi connectivity index (χ0n) is 24.9. The van der Waals surface area contributed by atoms with E-state index >= 15 is 0 Å². The van der Waals surface area contributed by atoms with Crippen LogP contribution >= 0.6 is 0 Å². The Kier molecular flexibility index (Phi) is 4.87. The van der Waals surface area contributed by atoms with Crippen molar-refractivity contribution in [3.8, 4) is 34.4 Å². The lowest BCUT2D eigenvalue weighted by Gasteiger charge is -2.43. The molecule has 4 heterocycles. The van der Waals surface area contributed by atoms with Gasteiger partial charge in [-0.1, -0.05) is 63.6 Å². The molecule has 0 saturated carbocycles. The largest absolute Gasteiger partial charge is 0.466 e. The molecule has 5 heteroatoms. The van der Waals surface area contributed by atoms with Gasteiger partial charge in [-0.15, -0.1) is 0 Å². The van der Waals surface area contributed by atoms with Gasteiger partial charge in [-0.05, 0) is 90.4 Å². The Balaban J connectivity index is 1.43. The predicted molar refractivity (Wildman–Crippen MR) is 167 cm³/mol. The Labute approximate surface area is 241 Å². The van der Waals surface area contributed by atoms with Gasteiger partial charge in [-0.2, -0.15) is 0 Å². The third-order valence-corrected chi connectivity index (χ3v) is 9.76. The van der Waals surface area contributed by atoms with Gasteiger partial charge in [-0.3, -0.25) is 0 Å². The number of pyridine rings is 1. The molecule has 3 aromatic carbocycles. The lowest BCUT2D eigenvalue weighted by Crippen LogP contribution is -2.57. The number of hydrogen-bond donors (Lipinski definition) is 0. The molecule has 204 valence electrons. The van der Waals surface area contributed by atoms with Gasteiger partial charge in [0.2, 0.25) is 5.88 Å². The Hall–Kier alpha value is -3.99. The van der Waals surface area contributed by atoms with Crippen LogP contribution in [0.1, 0.15) is 68.4 Å². The molecule has 3 aliphatic rings. The molecule has 1 aliphatic carbocycles. The molecule has 41 heavy (non-hydrogen) atoms. The second kappa shape index (κ2) is 8.06. The lowest BCUT2D eigenvalue weighted by molar-refractivity contribution is 0.330. The van der Waals surface area contributed by atoms with Gasteiger partial charge in [0.05, 0.1) is 11.1 Å². The van der Waals surface area contributed by atoms with E-state index in [-0.39, 0.29) is 17.5 Å². The SMILES string of the molecule is Cc1cc(C)c(-c2cc3c4c(n2)Oc2cc5c(cc2B4c2oc4ccccc4c2O3)C(C)(C)CCC5(C)C)c(C)c1. The van der Waals surface area contributed by atoms with Crippen LogP contribution in [0, 0.1) is 20.8 Å². The first kappa shape index (κ1) is 24.8. The highest BCUT2D eigenvalue weighted by molar-refractivity contribution is 6.97. The molecule has 0 atom stereocenters. The Morgan fingerprint density at radius 3 is 2.20 bits per heavy atom. The number of ether oxygens (including phenoxy) is 2. The summed E-state index contributed by atoms with van der Waals surface area (Å²) in [5.41, 5.74) is 12.3. The van der Waals surface area contributed by atoms with Crippen molar-refractivity contribution >= 4 is 34.3 Å². The van der Waals surface area contributed by atoms with Crippen molar-refractivity contribution in [2.75, 3.05) is 0 Å². The number of benzene rings is 3. The summed E-state index contributed by atoms with van der Waals surface area (Å²) in [6, 6.07) is 19.4. The van der Waals surface area contributed by atoms with E-state index in [2.05, 4.69) is 84.9 Å². The molecule has 2 aromatic heterocycles. The molecular formula is C36H34BNO3. The van der Waals surface area contributed by atoms with E-state index in [1.165, 1.54) is 27.8 Å². The van der Waals surface area contributed by atoms with Gasteiger partial charge in [-0.25, -0.2) is 4.98 Å². The number of aryl methyl sites for hydroxylation is 3. The summed E-state index contributed by atoms with van der Waals surface area (Å²) in [6.45, 7) is 15.7. The number of hydrogen-bond acceptors (Lipinski definition) is 4. The molecule has 2 aliphatic heterocycles.